The van der Waals surface area contributed by atoms with E-state index in [-0.39, 0.29) is 11.7 Å². The number of pyridine rings is 1. The third-order valence-corrected chi connectivity index (χ3v) is 3.98. The number of carbonyl (C=O) groups excluding carboxylic acids is 1. The van der Waals surface area contributed by atoms with Crippen molar-refractivity contribution in [3.8, 4) is 5.82 Å². The van der Waals surface area contributed by atoms with E-state index in [0.717, 1.165) is 11.5 Å². The number of nitrogens with one attached hydrogen (secondary N) is 2. The summed E-state index contributed by atoms with van der Waals surface area (Å²) in [4.78, 5) is 24.1. The summed E-state index contributed by atoms with van der Waals surface area (Å²) in [5.74, 6) is 1.12. The number of hydrogen-bond donors (Lipinski definition) is 2. The van der Waals surface area contributed by atoms with Crippen LogP contribution in [0.5, 0.6) is 0 Å². The highest BCUT2D eigenvalue weighted by atomic mass is 19.1. The number of nitrogens with zero attached hydrogens (tertiary/aromatic N) is 5. The lowest BCUT2D eigenvalue weighted by Crippen LogP contribution is -2.18. The summed E-state index contributed by atoms with van der Waals surface area (Å²) >= 11 is 0. The van der Waals surface area contributed by atoms with Gasteiger partial charge >= 0.3 is 0 Å². The molecule has 0 aromatic carbocycles. The van der Waals surface area contributed by atoms with Crippen molar-refractivity contribution >= 4 is 28.4 Å². The van der Waals surface area contributed by atoms with Gasteiger partial charge in [-0.2, -0.15) is 0 Å². The Bertz CT molecular complexity index is 1040. The SMILES string of the molecule is C=CC(C)(F)c1nc(C)cc(-n2nc(NC)c3cnc(NC(C)=O)cc32)n1. The van der Waals surface area contributed by atoms with Gasteiger partial charge in [0, 0.05) is 38.0 Å². The maximum absolute atomic E-state index is 14.7. The highest BCUT2D eigenvalue weighted by Gasteiger charge is 2.26. The number of anilines is 2. The highest BCUT2D eigenvalue weighted by molar-refractivity contribution is 5.94. The molecule has 1 amide bonds. The first-order valence-corrected chi connectivity index (χ1v) is 8.28. The van der Waals surface area contributed by atoms with Gasteiger partial charge in [0.2, 0.25) is 5.91 Å². The molecule has 3 aromatic rings. The predicted molar refractivity (Wildman–Crippen MR) is 102 cm³/mol. The number of alkyl halides is 1. The van der Waals surface area contributed by atoms with Gasteiger partial charge in [0.25, 0.3) is 0 Å². The maximum atomic E-state index is 14.7. The molecule has 0 aliphatic carbocycles. The van der Waals surface area contributed by atoms with Crippen LogP contribution in [0.4, 0.5) is 16.0 Å². The molecule has 1 unspecified atom stereocenters. The third kappa shape index (κ3) is 3.48. The van der Waals surface area contributed by atoms with Gasteiger partial charge < -0.3 is 10.6 Å². The topological polar surface area (TPSA) is 97.6 Å². The van der Waals surface area contributed by atoms with Gasteiger partial charge in [-0.05, 0) is 19.9 Å². The Morgan fingerprint density at radius 1 is 1.37 bits per heavy atom. The van der Waals surface area contributed by atoms with Crippen LogP contribution < -0.4 is 10.6 Å². The first kappa shape index (κ1) is 18.4. The summed E-state index contributed by atoms with van der Waals surface area (Å²) in [7, 11) is 1.74. The number of rotatable bonds is 5. The fraction of sp³-hybridized carbons (Fsp3) is 0.278. The number of aryl methyl sites for hydroxylation is 1. The van der Waals surface area contributed by atoms with Crippen LogP contribution in [0.3, 0.4) is 0 Å². The molecule has 8 nitrogen and oxygen atoms in total. The minimum atomic E-state index is -1.88. The molecule has 9 heteroatoms. The van der Waals surface area contributed by atoms with Crippen molar-refractivity contribution in [1.82, 2.24) is 24.7 Å². The van der Waals surface area contributed by atoms with Gasteiger partial charge in [0.15, 0.2) is 23.1 Å². The second kappa shape index (κ2) is 6.75. The van der Waals surface area contributed by atoms with E-state index in [1.165, 1.54) is 13.8 Å². The minimum Gasteiger partial charge on any atom is -0.371 e. The normalized spacial score (nSPS) is 13.2. The molecule has 1 atom stereocenters. The molecule has 0 spiro atoms. The van der Waals surface area contributed by atoms with Crippen molar-refractivity contribution in [3.63, 3.8) is 0 Å². The Morgan fingerprint density at radius 3 is 2.74 bits per heavy atom. The van der Waals surface area contributed by atoms with Crippen molar-refractivity contribution < 1.29 is 9.18 Å². The standard InChI is InChI=1S/C18H20FN7O/c1-6-18(4,19)17-22-10(2)7-15(24-17)26-13-8-14(23-11(3)27)21-9-12(13)16(20-5)25-26/h6-9H,1H2,2-5H3,(H,20,25)(H,21,23,27). The molecular formula is C18H20FN7O. The number of hydrogen-bond acceptors (Lipinski definition) is 6. The molecule has 140 valence electrons. The molecule has 0 radical (unpaired) electrons. The van der Waals surface area contributed by atoms with E-state index in [2.05, 4.69) is 37.3 Å². The van der Waals surface area contributed by atoms with Crippen LogP contribution in [0.2, 0.25) is 0 Å². The summed E-state index contributed by atoms with van der Waals surface area (Å²) in [6, 6.07) is 3.39. The first-order valence-electron chi connectivity index (χ1n) is 8.28. The quantitative estimate of drug-likeness (QED) is 0.671. The molecule has 2 N–H and O–H groups in total. The monoisotopic (exact) mass is 369 g/mol. The average molecular weight is 369 g/mol. The Kier molecular flexibility index (Phi) is 4.61. The molecular weight excluding hydrogens is 349 g/mol. The van der Waals surface area contributed by atoms with Crippen LogP contribution in [0, 0.1) is 6.92 Å². The molecule has 3 heterocycles. The van der Waals surface area contributed by atoms with E-state index in [4.69, 9.17) is 0 Å². The summed E-state index contributed by atoms with van der Waals surface area (Å²) in [5.41, 5.74) is -0.633. The van der Waals surface area contributed by atoms with Gasteiger partial charge in [-0.15, -0.1) is 5.10 Å². The summed E-state index contributed by atoms with van der Waals surface area (Å²) in [6.45, 7) is 8.01. The van der Waals surface area contributed by atoms with E-state index in [9.17, 15) is 9.18 Å². The summed E-state index contributed by atoms with van der Waals surface area (Å²) in [5, 5.41) is 10.9. The Balaban J connectivity index is 2.24. The number of fused-ring (bicyclic) bond motifs is 1. The number of amides is 1. The maximum Gasteiger partial charge on any atom is 0.222 e. The van der Waals surface area contributed by atoms with Gasteiger partial charge in [-0.1, -0.05) is 6.58 Å². The summed E-state index contributed by atoms with van der Waals surface area (Å²) < 4.78 is 16.2. The second-order valence-electron chi connectivity index (χ2n) is 6.25. The van der Waals surface area contributed by atoms with Crippen molar-refractivity contribution in [1.29, 1.82) is 0 Å². The number of allylic oxidation sites excluding steroid dienone is 1. The van der Waals surface area contributed by atoms with E-state index in [0.29, 0.717) is 28.7 Å². The van der Waals surface area contributed by atoms with Crippen LogP contribution in [-0.4, -0.2) is 37.7 Å². The van der Waals surface area contributed by atoms with Gasteiger partial charge in [-0.3, -0.25) is 4.79 Å². The van der Waals surface area contributed by atoms with Crippen LogP contribution in [-0.2, 0) is 10.5 Å². The lowest BCUT2D eigenvalue weighted by atomic mass is 10.1. The molecule has 3 aromatic heterocycles. The van der Waals surface area contributed by atoms with E-state index in [1.54, 1.807) is 37.0 Å². The van der Waals surface area contributed by atoms with E-state index >= 15 is 0 Å². The van der Waals surface area contributed by atoms with Crippen LogP contribution in [0.25, 0.3) is 16.7 Å². The molecule has 0 bridgehead atoms. The van der Waals surface area contributed by atoms with Crippen molar-refractivity contribution in [3.05, 3.63) is 42.5 Å². The zero-order chi connectivity index (χ0) is 19.8. The summed E-state index contributed by atoms with van der Waals surface area (Å²) in [6.07, 6.45) is 2.76. The van der Waals surface area contributed by atoms with Crippen molar-refractivity contribution in [2.24, 2.45) is 0 Å². The lowest BCUT2D eigenvalue weighted by molar-refractivity contribution is -0.114. The van der Waals surface area contributed by atoms with Crippen LogP contribution in [0.15, 0.2) is 31.0 Å². The Hall–Kier alpha value is -3.36. The van der Waals surface area contributed by atoms with Crippen LogP contribution >= 0.6 is 0 Å². The second-order valence-corrected chi connectivity index (χ2v) is 6.25. The molecule has 27 heavy (non-hydrogen) atoms. The smallest absolute Gasteiger partial charge is 0.222 e. The fourth-order valence-corrected chi connectivity index (χ4v) is 2.59. The number of aromatic nitrogens is 5. The predicted octanol–water partition coefficient (Wildman–Crippen LogP) is 2.89. The van der Waals surface area contributed by atoms with Gasteiger partial charge in [-0.25, -0.2) is 24.0 Å². The fourth-order valence-electron chi connectivity index (χ4n) is 2.59. The van der Waals surface area contributed by atoms with Crippen LogP contribution in [0.1, 0.15) is 25.4 Å². The molecule has 3 rings (SSSR count). The molecule has 0 fully saturated rings. The Labute approximate surface area is 155 Å². The number of carbonyl (C=O) groups is 1. The largest absolute Gasteiger partial charge is 0.371 e. The Morgan fingerprint density at radius 2 is 2.11 bits per heavy atom. The van der Waals surface area contributed by atoms with E-state index in [1.807, 2.05) is 0 Å². The van der Waals surface area contributed by atoms with Gasteiger partial charge in [0.1, 0.15) is 5.82 Å². The van der Waals surface area contributed by atoms with Gasteiger partial charge in [0.05, 0.1) is 10.9 Å². The zero-order valence-corrected chi connectivity index (χ0v) is 15.5. The number of halogens is 1. The first-order chi connectivity index (χ1) is 12.7. The van der Waals surface area contributed by atoms with Crippen molar-refractivity contribution in [2.75, 3.05) is 17.7 Å². The minimum absolute atomic E-state index is 0.00158. The molecule has 0 saturated heterocycles. The third-order valence-electron chi connectivity index (χ3n) is 3.98. The molecule has 0 aliphatic rings. The zero-order valence-electron chi connectivity index (χ0n) is 15.5. The average Bonchev–Trinajstić information content (AvgIpc) is 2.98. The van der Waals surface area contributed by atoms with Crippen molar-refractivity contribution in [2.45, 2.75) is 26.4 Å². The molecule has 0 saturated carbocycles. The molecule has 0 aliphatic heterocycles. The highest BCUT2D eigenvalue weighted by Crippen LogP contribution is 2.28. The lowest BCUT2D eigenvalue weighted by Gasteiger charge is -2.15. The van der Waals surface area contributed by atoms with E-state index < -0.39 is 5.67 Å².